The molecule has 1 heterocycles. The maximum absolute atomic E-state index is 12.5. The van der Waals surface area contributed by atoms with Crippen LogP contribution in [0.25, 0.3) is 10.2 Å². The Morgan fingerprint density at radius 2 is 2.04 bits per heavy atom. The Kier molecular flexibility index (Phi) is 4.58. The standard InChI is InChI=1S/C18H17N3O4S2/c1-25-13-7-8-15-16(10-13)26-18(19-15)20-17(22)11-3-2-4-14(9-11)27(23,24)21-12-5-6-12/h2-4,7-10,12,21H,5-6H2,1H3,(H,19,20,22). The maximum atomic E-state index is 12.5. The quantitative estimate of drug-likeness (QED) is 0.659. The number of ether oxygens (including phenoxy) is 1. The molecule has 7 nitrogen and oxygen atoms in total. The first-order chi connectivity index (χ1) is 12.9. The number of fused-ring (bicyclic) bond motifs is 1. The van der Waals surface area contributed by atoms with Crippen molar-refractivity contribution in [2.75, 3.05) is 12.4 Å². The summed E-state index contributed by atoms with van der Waals surface area (Å²) < 4.78 is 33.3. The first-order valence-electron chi connectivity index (χ1n) is 8.33. The molecule has 27 heavy (non-hydrogen) atoms. The summed E-state index contributed by atoms with van der Waals surface area (Å²) in [6, 6.07) is 11.4. The number of thiazole rings is 1. The van der Waals surface area contributed by atoms with E-state index in [2.05, 4.69) is 15.0 Å². The summed E-state index contributed by atoms with van der Waals surface area (Å²) in [5.74, 6) is 0.301. The van der Waals surface area contributed by atoms with Crippen LogP contribution in [0.4, 0.5) is 5.13 Å². The minimum atomic E-state index is -3.61. The van der Waals surface area contributed by atoms with E-state index < -0.39 is 15.9 Å². The third-order valence-electron chi connectivity index (χ3n) is 4.12. The van der Waals surface area contributed by atoms with Gasteiger partial charge < -0.3 is 4.74 Å². The van der Waals surface area contributed by atoms with E-state index in [-0.39, 0.29) is 16.5 Å². The van der Waals surface area contributed by atoms with E-state index >= 15 is 0 Å². The minimum Gasteiger partial charge on any atom is -0.497 e. The highest BCUT2D eigenvalue weighted by Gasteiger charge is 2.28. The van der Waals surface area contributed by atoms with Gasteiger partial charge in [-0.2, -0.15) is 0 Å². The third kappa shape index (κ3) is 3.95. The molecule has 0 atom stereocenters. The minimum absolute atomic E-state index is 0.00669. The van der Waals surface area contributed by atoms with Crippen molar-refractivity contribution < 1.29 is 17.9 Å². The van der Waals surface area contributed by atoms with Crippen LogP contribution in [0.15, 0.2) is 47.4 Å². The van der Waals surface area contributed by atoms with E-state index in [1.54, 1.807) is 25.3 Å². The number of hydrogen-bond donors (Lipinski definition) is 2. The lowest BCUT2D eigenvalue weighted by molar-refractivity contribution is 0.102. The van der Waals surface area contributed by atoms with Crippen LogP contribution in [-0.2, 0) is 10.0 Å². The van der Waals surface area contributed by atoms with Crippen molar-refractivity contribution >= 4 is 42.6 Å². The summed E-state index contributed by atoms with van der Waals surface area (Å²) in [6.07, 6.45) is 1.70. The average Bonchev–Trinajstić information content (AvgIpc) is 3.37. The molecule has 1 aromatic heterocycles. The monoisotopic (exact) mass is 403 g/mol. The van der Waals surface area contributed by atoms with Crippen LogP contribution in [0.2, 0.25) is 0 Å². The van der Waals surface area contributed by atoms with Gasteiger partial charge in [0.05, 0.1) is 22.2 Å². The molecule has 2 N–H and O–H groups in total. The van der Waals surface area contributed by atoms with Gasteiger partial charge in [-0.25, -0.2) is 18.1 Å². The number of nitrogens with zero attached hydrogens (tertiary/aromatic N) is 1. The van der Waals surface area contributed by atoms with Crippen molar-refractivity contribution in [3.05, 3.63) is 48.0 Å². The van der Waals surface area contributed by atoms with E-state index in [0.717, 1.165) is 23.1 Å². The van der Waals surface area contributed by atoms with Gasteiger partial charge in [-0.1, -0.05) is 17.4 Å². The summed E-state index contributed by atoms with van der Waals surface area (Å²) in [7, 11) is -2.02. The molecule has 1 saturated carbocycles. The molecule has 0 unspecified atom stereocenters. The van der Waals surface area contributed by atoms with Gasteiger partial charge in [0.2, 0.25) is 10.0 Å². The molecule has 1 amide bonds. The molecular formula is C18H17N3O4S2. The number of rotatable bonds is 6. The number of benzene rings is 2. The van der Waals surface area contributed by atoms with Gasteiger partial charge >= 0.3 is 0 Å². The predicted octanol–water partition coefficient (Wildman–Crippen LogP) is 3.00. The van der Waals surface area contributed by atoms with Crippen molar-refractivity contribution in [3.8, 4) is 5.75 Å². The number of carbonyl (C=O) groups excluding carboxylic acids is 1. The topological polar surface area (TPSA) is 97.4 Å². The fraction of sp³-hybridized carbons (Fsp3) is 0.222. The van der Waals surface area contributed by atoms with Gasteiger partial charge in [-0.3, -0.25) is 10.1 Å². The van der Waals surface area contributed by atoms with E-state index in [1.807, 2.05) is 12.1 Å². The molecule has 3 aromatic rings. The zero-order valence-corrected chi connectivity index (χ0v) is 16.1. The average molecular weight is 403 g/mol. The zero-order chi connectivity index (χ0) is 19.0. The summed E-state index contributed by atoms with van der Waals surface area (Å²) in [5, 5.41) is 3.17. The molecule has 1 fully saturated rings. The Bertz CT molecular complexity index is 1120. The molecule has 140 valence electrons. The van der Waals surface area contributed by atoms with Crippen molar-refractivity contribution in [3.63, 3.8) is 0 Å². The molecule has 4 rings (SSSR count). The van der Waals surface area contributed by atoms with Crippen molar-refractivity contribution in [1.82, 2.24) is 9.71 Å². The van der Waals surface area contributed by atoms with Gasteiger partial charge in [-0.15, -0.1) is 0 Å². The van der Waals surface area contributed by atoms with Crippen LogP contribution < -0.4 is 14.8 Å². The normalized spacial score (nSPS) is 14.3. The Morgan fingerprint density at radius 1 is 1.22 bits per heavy atom. The fourth-order valence-corrected chi connectivity index (χ4v) is 4.79. The smallest absolute Gasteiger partial charge is 0.257 e. The van der Waals surface area contributed by atoms with E-state index in [4.69, 9.17) is 4.74 Å². The zero-order valence-electron chi connectivity index (χ0n) is 14.4. The second kappa shape index (κ2) is 6.91. The van der Waals surface area contributed by atoms with Gasteiger partial charge in [0.15, 0.2) is 5.13 Å². The van der Waals surface area contributed by atoms with E-state index in [9.17, 15) is 13.2 Å². The van der Waals surface area contributed by atoms with Crippen LogP contribution in [0.1, 0.15) is 23.2 Å². The first-order valence-corrected chi connectivity index (χ1v) is 10.6. The van der Waals surface area contributed by atoms with Crippen LogP contribution in [-0.4, -0.2) is 32.5 Å². The number of nitrogens with one attached hydrogen (secondary N) is 2. The SMILES string of the molecule is COc1ccc2nc(NC(=O)c3cccc(S(=O)(=O)NC4CC4)c3)sc2c1. The first kappa shape index (κ1) is 17.9. The Hall–Kier alpha value is -2.49. The molecule has 2 aromatic carbocycles. The van der Waals surface area contributed by atoms with Gasteiger partial charge in [0.25, 0.3) is 5.91 Å². The highest BCUT2D eigenvalue weighted by atomic mass is 32.2. The van der Waals surface area contributed by atoms with Crippen molar-refractivity contribution in [2.45, 2.75) is 23.8 Å². The molecular weight excluding hydrogens is 386 g/mol. The van der Waals surface area contributed by atoms with Crippen LogP contribution >= 0.6 is 11.3 Å². The van der Waals surface area contributed by atoms with E-state index in [0.29, 0.717) is 10.9 Å². The second-order valence-electron chi connectivity index (χ2n) is 6.23. The van der Waals surface area contributed by atoms with Crippen molar-refractivity contribution in [1.29, 1.82) is 0 Å². The number of hydrogen-bond acceptors (Lipinski definition) is 6. The maximum Gasteiger partial charge on any atom is 0.257 e. The number of sulfonamides is 1. The molecule has 0 radical (unpaired) electrons. The molecule has 1 aliphatic rings. The summed E-state index contributed by atoms with van der Waals surface area (Å²) in [6.45, 7) is 0. The van der Waals surface area contributed by atoms with E-state index in [1.165, 1.54) is 23.5 Å². The van der Waals surface area contributed by atoms with Gasteiger partial charge in [0, 0.05) is 11.6 Å². The Morgan fingerprint density at radius 3 is 2.78 bits per heavy atom. The highest BCUT2D eigenvalue weighted by molar-refractivity contribution is 7.89. The van der Waals surface area contributed by atoms with Crippen molar-refractivity contribution in [2.24, 2.45) is 0 Å². The lowest BCUT2D eigenvalue weighted by atomic mass is 10.2. The summed E-state index contributed by atoms with van der Waals surface area (Å²) >= 11 is 1.32. The van der Waals surface area contributed by atoms with Crippen LogP contribution in [0.5, 0.6) is 5.75 Å². The van der Waals surface area contributed by atoms with Crippen LogP contribution in [0.3, 0.4) is 0 Å². The van der Waals surface area contributed by atoms with Crippen LogP contribution in [0, 0.1) is 0 Å². The highest BCUT2D eigenvalue weighted by Crippen LogP contribution is 2.29. The molecule has 0 spiro atoms. The number of aromatic nitrogens is 1. The molecule has 9 heteroatoms. The third-order valence-corrected chi connectivity index (χ3v) is 6.57. The number of carbonyl (C=O) groups is 1. The summed E-state index contributed by atoms with van der Waals surface area (Å²) in [4.78, 5) is 17.0. The largest absolute Gasteiger partial charge is 0.497 e. The Labute approximate surface area is 160 Å². The molecule has 0 saturated heterocycles. The Balaban J connectivity index is 1.55. The fourth-order valence-electron chi connectivity index (χ4n) is 2.55. The number of anilines is 1. The molecule has 0 bridgehead atoms. The second-order valence-corrected chi connectivity index (χ2v) is 8.97. The van der Waals surface area contributed by atoms with Gasteiger partial charge in [0.1, 0.15) is 5.75 Å². The number of methoxy groups -OCH3 is 1. The van der Waals surface area contributed by atoms with Gasteiger partial charge in [-0.05, 0) is 49.2 Å². The predicted molar refractivity (Wildman–Crippen MR) is 104 cm³/mol. The lowest BCUT2D eigenvalue weighted by Gasteiger charge is -2.07. The molecule has 1 aliphatic carbocycles. The molecule has 0 aliphatic heterocycles. The number of amides is 1. The summed E-state index contributed by atoms with van der Waals surface area (Å²) in [5.41, 5.74) is 1.01. The lowest BCUT2D eigenvalue weighted by Crippen LogP contribution is -2.26.